The van der Waals surface area contributed by atoms with Crippen molar-refractivity contribution in [3.8, 4) is 41.1 Å². The predicted molar refractivity (Wildman–Crippen MR) is 189 cm³/mol. The molecule has 3 N–H and O–H groups in total. The molecule has 2 aliphatic rings. The first-order chi connectivity index (χ1) is 25.8. The van der Waals surface area contributed by atoms with Crippen LogP contribution in [0.1, 0.15) is 61.0 Å². The Kier molecular flexibility index (Phi) is 11.7. The van der Waals surface area contributed by atoms with Crippen LogP contribution in [0, 0.1) is 11.3 Å². The second kappa shape index (κ2) is 17.1. The third-order valence-corrected chi connectivity index (χ3v) is 8.06. The summed E-state index contributed by atoms with van der Waals surface area (Å²) >= 11 is 0. The summed E-state index contributed by atoms with van der Waals surface area (Å²) in [5, 5.41) is 24.9. The molecule has 1 amide bonds. The number of aliphatic imine (C=N–C) groups is 1. The highest BCUT2D eigenvalue weighted by Crippen LogP contribution is 2.42. The van der Waals surface area contributed by atoms with Crippen LogP contribution >= 0.6 is 0 Å². The van der Waals surface area contributed by atoms with Gasteiger partial charge in [-0.2, -0.15) is 15.2 Å². The summed E-state index contributed by atoms with van der Waals surface area (Å²) in [4.78, 5) is 50.0. The highest BCUT2D eigenvalue weighted by molar-refractivity contribution is 5.98. The molecule has 15 heteroatoms. The van der Waals surface area contributed by atoms with Crippen LogP contribution in [0.25, 0.3) is 0 Å². The lowest BCUT2D eigenvalue weighted by Gasteiger charge is -2.26. The standard InChI is InChI=1S/C38H36N6O9/c1-2-49-32(47)14-10-24-17-26(34-40-15-6-16-41-34)20-27(18-24)51-36-33-37(52-29(35(48)42-33)12-13-31(45)46)44-38(43-36)53-30-19-25(21-39)9-11-28(30)50-22-23-7-4-3-5-8-23/h3-5,7-9,11,15,17-20,29,34,41H,2,6,10,12-14,16,22H2,1H3,(H,42,48)(H,45,46). The molecule has 0 spiro atoms. The number of nitrogens with one attached hydrogen (secondary N) is 2. The lowest BCUT2D eigenvalue weighted by atomic mass is 10.0. The summed E-state index contributed by atoms with van der Waals surface area (Å²) in [7, 11) is 0. The molecule has 15 nitrogen and oxygen atoms in total. The molecule has 1 aromatic heterocycles. The number of rotatable bonds is 15. The minimum absolute atomic E-state index is 0.00691. The Balaban J connectivity index is 1.37. The summed E-state index contributed by atoms with van der Waals surface area (Å²) in [5.74, 6) is -1.60. The smallest absolute Gasteiger partial charge is 0.328 e. The Labute approximate surface area is 304 Å². The normalized spacial score (nSPS) is 16.0. The minimum Gasteiger partial charge on any atom is -0.485 e. The van der Waals surface area contributed by atoms with Crippen LogP contribution < -0.4 is 29.6 Å². The molecular formula is C38H36N6O9. The number of esters is 1. The second-order valence-corrected chi connectivity index (χ2v) is 12.0. The van der Waals surface area contributed by atoms with Crippen LogP contribution in [0.2, 0.25) is 0 Å². The molecule has 6 rings (SSSR count). The number of ether oxygens (including phenoxy) is 5. The predicted octanol–water partition coefficient (Wildman–Crippen LogP) is 5.63. The van der Waals surface area contributed by atoms with E-state index >= 15 is 0 Å². The van der Waals surface area contributed by atoms with Crippen LogP contribution in [0.5, 0.6) is 35.0 Å². The number of carboxylic acids is 1. The third-order valence-electron chi connectivity index (χ3n) is 8.06. The van der Waals surface area contributed by atoms with E-state index in [1.165, 1.54) is 6.07 Å². The molecule has 0 aliphatic carbocycles. The number of nitrogens with zero attached hydrogens (tertiary/aromatic N) is 4. The van der Waals surface area contributed by atoms with Crippen LogP contribution in [0.15, 0.2) is 71.7 Å². The number of anilines is 1. The number of hydrogen-bond acceptors (Lipinski definition) is 13. The van der Waals surface area contributed by atoms with Gasteiger partial charge in [0.25, 0.3) is 11.8 Å². The molecule has 53 heavy (non-hydrogen) atoms. The summed E-state index contributed by atoms with van der Waals surface area (Å²) in [6, 6.07) is 21.3. The van der Waals surface area contributed by atoms with E-state index in [4.69, 9.17) is 23.7 Å². The molecule has 3 heterocycles. The molecule has 2 atom stereocenters. The zero-order chi connectivity index (χ0) is 37.2. The number of fused-ring (bicyclic) bond motifs is 1. The average Bonchev–Trinajstić information content (AvgIpc) is 3.17. The van der Waals surface area contributed by atoms with Crippen molar-refractivity contribution in [1.82, 2.24) is 15.3 Å². The maximum absolute atomic E-state index is 13.1. The summed E-state index contributed by atoms with van der Waals surface area (Å²) in [5.41, 5.74) is 2.70. The fourth-order valence-electron chi connectivity index (χ4n) is 5.52. The van der Waals surface area contributed by atoms with Crippen molar-refractivity contribution < 1.29 is 43.2 Å². The number of benzene rings is 3. The lowest BCUT2D eigenvalue weighted by molar-refractivity contribution is -0.143. The molecule has 3 aromatic carbocycles. The summed E-state index contributed by atoms with van der Waals surface area (Å²) < 4.78 is 29.5. The van der Waals surface area contributed by atoms with Gasteiger partial charge < -0.3 is 34.1 Å². The van der Waals surface area contributed by atoms with E-state index < -0.39 is 18.0 Å². The highest BCUT2D eigenvalue weighted by Gasteiger charge is 2.34. The van der Waals surface area contributed by atoms with Crippen molar-refractivity contribution in [3.63, 3.8) is 0 Å². The van der Waals surface area contributed by atoms with Gasteiger partial charge in [0.15, 0.2) is 23.3 Å². The molecular weight excluding hydrogens is 684 g/mol. The zero-order valence-electron chi connectivity index (χ0n) is 28.7. The van der Waals surface area contributed by atoms with Crippen molar-refractivity contribution in [1.29, 1.82) is 5.26 Å². The maximum Gasteiger partial charge on any atom is 0.328 e. The van der Waals surface area contributed by atoms with Crippen molar-refractivity contribution in [2.75, 3.05) is 18.5 Å². The van der Waals surface area contributed by atoms with Gasteiger partial charge in [0, 0.05) is 38.1 Å². The van der Waals surface area contributed by atoms with Gasteiger partial charge in [0.2, 0.25) is 5.88 Å². The number of aromatic nitrogens is 2. The Morgan fingerprint density at radius 3 is 2.62 bits per heavy atom. The van der Waals surface area contributed by atoms with Crippen molar-refractivity contribution >= 4 is 29.7 Å². The molecule has 4 aromatic rings. The first-order valence-corrected chi connectivity index (χ1v) is 17.0. The molecule has 2 aliphatic heterocycles. The fourth-order valence-corrected chi connectivity index (χ4v) is 5.52. The molecule has 0 saturated heterocycles. The van der Waals surface area contributed by atoms with Crippen LogP contribution in [0.4, 0.5) is 5.69 Å². The number of carbonyl (C=O) groups is 3. The van der Waals surface area contributed by atoms with Crippen LogP contribution in [-0.4, -0.2) is 58.4 Å². The zero-order valence-corrected chi connectivity index (χ0v) is 28.7. The van der Waals surface area contributed by atoms with E-state index in [2.05, 4.69) is 31.7 Å². The summed E-state index contributed by atoms with van der Waals surface area (Å²) in [6.45, 7) is 2.93. The first kappa shape index (κ1) is 36.3. The van der Waals surface area contributed by atoms with Gasteiger partial charge in [-0.3, -0.25) is 24.7 Å². The van der Waals surface area contributed by atoms with E-state index in [1.807, 2.05) is 42.6 Å². The van der Waals surface area contributed by atoms with Gasteiger partial charge >= 0.3 is 17.9 Å². The fraction of sp³-hybridized carbons (Fsp3) is 0.289. The van der Waals surface area contributed by atoms with Crippen molar-refractivity contribution in [2.45, 2.75) is 57.9 Å². The second-order valence-electron chi connectivity index (χ2n) is 12.0. The van der Waals surface area contributed by atoms with Gasteiger partial charge in [-0.25, -0.2) is 0 Å². The molecule has 0 bridgehead atoms. The van der Waals surface area contributed by atoms with E-state index in [0.29, 0.717) is 24.5 Å². The number of amides is 1. The van der Waals surface area contributed by atoms with Gasteiger partial charge in [0.05, 0.1) is 18.2 Å². The van der Waals surface area contributed by atoms with Gasteiger partial charge in [-0.05, 0) is 60.7 Å². The Morgan fingerprint density at radius 1 is 1.02 bits per heavy atom. The van der Waals surface area contributed by atoms with Crippen LogP contribution in [-0.2, 0) is 32.1 Å². The monoisotopic (exact) mass is 720 g/mol. The number of carboxylic acid groups (broad SMARTS) is 1. The Hall–Kier alpha value is -6.53. The quantitative estimate of drug-likeness (QED) is 0.128. The number of aryl methyl sites for hydroxylation is 1. The summed E-state index contributed by atoms with van der Waals surface area (Å²) in [6.07, 6.45) is 1.11. The Bertz CT molecular complexity index is 2050. The third kappa shape index (κ3) is 9.63. The molecule has 272 valence electrons. The van der Waals surface area contributed by atoms with Crippen LogP contribution in [0.3, 0.4) is 0 Å². The lowest BCUT2D eigenvalue weighted by Crippen LogP contribution is -2.38. The van der Waals surface area contributed by atoms with E-state index in [1.54, 1.807) is 31.2 Å². The first-order valence-electron chi connectivity index (χ1n) is 17.0. The molecule has 0 saturated carbocycles. The minimum atomic E-state index is -1.17. The highest BCUT2D eigenvalue weighted by atomic mass is 16.5. The SMILES string of the molecule is CCOC(=O)CCc1cc(Oc2nc(Oc3cc(C#N)ccc3OCc3ccccc3)nc3c2NC(=O)C(CCC(=O)O)O3)cc(C2N=CCCN2)c1. The molecule has 0 fully saturated rings. The number of nitriles is 1. The van der Waals surface area contributed by atoms with E-state index in [9.17, 15) is 24.8 Å². The number of carbonyl (C=O) groups excluding carboxylic acids is 2. The van der Waals surface area contributed by atoms with Gasteiger partial charge in [0.1, 0.15) is 18.5 Å². The van der Waals surface area contributed by atoms with E-state index in [0.717, 1.165) is 23.1 Å². The molecule has 0 radical (unpaired) electrons. The van der Waals surface area contributed by atoms with Crippen molar-refractivity contribution in [3.05, 3.63) is 89.0 Å². The van der Waals surface area contributed by atoms with Crippen molar-refractivity contribution in [2.24, 2.45) is 4.99 Å². The topological polar surface area (TPSA) is 204 Å². The maximum atomic E-state index is 13.1. The van der Waals surface area contributed by atoms with E-state index in [-0.39, 0.29) is 79.4 Å². The number of hydrogen-bond donors (Lipinski definition) is 3. The molecule has 2 unspecified atom stereocenters. The number of aliphatic carboxylic acids is 1. The van der Waals surface area contributed by atoms with Gasteiger partial charge in [-0.1, -0.05) is 36.4 Å². The Morgan fingerprint density at radius 2 is 1.87 bits per heavy atom. The van der Waals surface area contributed by atoms with Gasteiger partial charge in [-0.15, -0.1) is 0 Å². The average molecular weight is 721 g/mol. The largest absolute Gasteiger partial charge is 0.485 e.